The van der Waals surface area contributed by atoms with Crippen LogP contribution in [0.5, 0.6) is 0 Å². The zero-order chi connectivity index (χ0) is 14.5. The van der Waals surface area contributed by atoms with E-state index in [0.717, 1.165) is 11.3 Å². The summed E-state index contributed by atoms with van der Waals surface area (Å²) in [5, 5.41) is 14.8. The van der Waals surface area contributed by atoms with Gasteiger partial charge < -0.3 is 15.7 Å². The van der Waals surface area contributed by atoms with Gasteiger partial charge in [0.15, 0.2) is 0 Å². The number of carbonyl (C=O) groups is 2. The molecule has 6 nitrogen and oxygen atoms in total. The summed E-state index contributed by atoms with van der Waals surface area (Å²) in [6.07, 6.45) is 0. The molecule has 0 aliphatic rings. The van der Waals surface area contributed by atoms with Crippen molar-refractivity contribution in [3.05, 3.63) is 45.9 Å². The zero-order valence-electron chi connectivity index (χ0n) is 10.7. The van der Waals surface area contributed by atoms with Crippen molar-refractivity contribution >= 4 is 29.0 Å². The predicted octanol–water partition coefficient (Wildman–Crippen LogP) is 2.47. The Labute approximate surface area is 119 Å². The average Bonchev–Trinajstić information content (AvgIpc) is 2.79. The number of nitrogens with zero attached hydrogens (tertiary/aromatic N) is 1. The molecule has 0 bridgehead atoms. The van der Waals surface area contributed by atoms with Gasteiger partial charge in [-0.2, -0.15) is 0 Å². The average molecular weight is 291 g/mol. The maximum Gasteiger partial charge on any atom is 0.347 e. The lowest BCUT2D eigenvalue weighted by Gasteiger charge is -2.05. The fourth-order valence-corrected chi connectivity index (χ4v) is 2.42. The van der Waals surface area contributed by atoms with Crippen molar-refractivity contribution in [2.24, 2.45) is 0 Å². The van der Waals surface area contributed by atoms with E-state index in [4.69, 9.17) is 5.11 Å². The van der Waals surface area contributed by atoms with Crippen LogP contribution < -0.4 is 10.6 Å². The van der Waals surface area contributed by atoms with Crippen LogP contribution >= 0.6 is 11.3 Å². The minimum atomic E-state index is -1.00. The summed E-state index contributed by atoms with van der Waals surface area (Å²) in [6, 6.07) is 8.68. The number of urea groups is 1. The summed E-state index contributed by atoms with van der Waals surface area (Å²) >= 11 is 1.06. The summed E-state index contributed by atoms with van der Waals surface area (Å²) in [4.78, 5) is 26.8. The van der Waals surface area contributed by atoms with E-state index in [2.05, 4.69) is 15.6 Å². The monoisotopic (exact) mass is 291 g/mol. The van der Waals surface area contributed by atoms with Crippen LogP contribution in [0.4, 0.5) is 10.5 Å². The molecule has 0 aliphatic carbocycles. The normalized spacial score (nSPS) is 10.1. The Morgan fingerprint density at radius 1 is 1.30 bits per heavy atom. The van der Waals surface area contributed by atoms with E-state index in [1.54, 1.807) is 19.1 Å². The highest BCUT2D eigenvalue weighted by Crippen LogP contribution is 2.17. The fraction of sp³-hybridized carbons (Fsp3) is 0.154. The van der Waals surface area contributed by atoms with Crippen molar-refractivity contribution in [3.8, 4) is 0 Å². The quantitative estimate of drug-likeness (QED) is 0.807. The van der Waals surface area contributed by atoms with Crippen LogP contribution in [0.2, 0.25) is 0 Å². The van der Waals surface area contributed by atoms with E-state index in [1.807, 2.05) is 18.2 Å². The molecule has 0 saturated carbocycles. The molecule has 3 N–H and O–H groups in total. The summed E-state index contributed by atoms with van der Waals surface area (Å²) in [5.74, 6) is -1.00. The molecule has 2 rings (SSSR count). The second kappa shape index (κ2) is 6.16. The van der Waals surface area contributed by atoms with Gasteiger partial charge in [-0.15, -0.1) is 11.3 Å². The molecule has 0 spiro atoms. The number of para-hydroxylation sites is 1. The topological polar surface area (TPSA) is 91.3 Å². The number of nitrogens with one attached hydrogen (secondary N) is 2. The molecule has 2 aromatic rings. The van der Waals surface area contributed by atoms with Gasteiger partial charge in [-0.1, -0.05) is 18.2 Å². The van der Waals surface area contributed by atoms with Crippen LogP contribution in [0.3, 0.4) is 0 Å². The van der Waals surface area contributed by atoms with Crippen LogP contribution in [0.15, 0.2) is 30.3 Å². The van der Waals surface area contributed by atoms with Crippen LogP contribution in [0.1, 0.15) is 20.4 Å². The number of benzene rings is 1. The van der Waals surface area contributed by atoms with Crippen molar-refractivity contribution in [2.45, 2.75) is 13.5 Å². The standard InChI is InChI=1S/C13H13N3O3S/c1-8-11(12(17)18)20-10(15-8)7-14-13(19)16-9-5-3-2-4-6-9/h2-6H,7H2,1H3,(H,17,18)(H2,14,16,19). The number of hydrogen-bond acceptors (Lipinski definition) is 4. The molecule has 0 unspecified atom stereocenters. The maximum atomic E-state index is 11.6. The SMILES string of the molecule is Cc1nc(CNC(=O)Nc2ccccc2)sc1C(=O)O. The molecule has 0 aliphatic heterocycles. The first-order chi connectivity index (χ1) is 9.56. The van der Waals surface area contributed by atoms with Crippen LogP contribution in [-0.2, 0) is 6.54 Å². The maximum absolute atomic E-state index is 11.6. The van der Waals surface area contributed by atoms with Gasteiger partial charge in [0.05, 0.1) is 12.2 Å². The number of aromatic carboxylic acids is 1. The molecule has 1 aromatic carbocycles. The smallest absolute Gasteiger partial charge is 0.347 e. The summed E-state index contributed by atoms with van der Waals surface area (Å²) in [5.41, 5.74) is 1.15. The van der Waals surface area contributed by atoms with Crippen molar-refractivity contribution in [3.63, 3.8) is 0 Å². The molecular formula is C13H13N3O3S. The molecule has 7 heteroatoms. The van der Waals surface area contributed by atoms with E-state index in [9.17, 15) is 9.59 Å². The fourth-order valence-electron chi connectivity index (χ4n) is 1.58. The lowest BCUT2D eigenvalue weighted by atomic mass is 10.3. The zero-order valence-corrected chi connectivity index (χ0v) is 11.5. The second-order valence-corrected chi connectivity index (χ2v) is 5.08. The second-order valence-electron chi connectivity index (χ2n) is 4.00. The van der Waals surface area contributed by atoms with E-state index in [-0.39, 0.29) is 17.5 Å². The number of carbonyl (C=O) groups excluding carboxylic acids is 1. The van der Waals surface area contributed by atoms with Gasteiger partial charge >= 0.3 is 12.0 Å². The van der Waals surface area contributed by atoms with Crippen LogP contribution in [0.25, 0.3) is 0 Å². The molecule has 1 aromatic heterocycles. The molecule has 0 atom stereocenters. The van der Waals surface area contributed by atoms with Gasteiger partial charge in [0.2, 0.25) is 0 Å². The summed E-state index contributed by atoms with van der Waals surface area (Å²) < 4.78 is 0. The number of anilines is 1. The Hall–Kier alpha value is -2.41. The number of carboxylic acid groups (broad SMARTS) is 1. The summed E-state index contributed by atoms with van der Waals surface area (Å²) in [7, 11) is 0. The van der Waals surface area contributed by atoms with Crippen LogP contribution in [-0.4, -0.2) is 22.1 Å². The molecule has 1 heterocycles. The molecule has 0 saturated heterocycles. The Morgan fingerprint density at radius 3 is 2.60 bits per heavy atom. The third kappa shape index (κ3) is 3.55. The Balaban J connectivity index is 1.90. The highest BCUT2D eigenvalue weighted by atomic mass is 32.1. The number of aryl methyl sites for hydroxylation is 1. The highest BCUT2D eigenvalue weighted by Gasteiger charge is 2.14. The lowest BCUT2D eigenvalue weighted by Crippen LogP contribution is -2.28. The van der Waals surface area contributed by atoms with Gasteiger partial charge in [-0.25, -0.2) is 14.6 Å². The molecule has 20 heavy (non-hydrogen) atoms. The van der Waals surface area contributed by atoms with Crippen molar-refractivity contribution < 1.29 is 14.7 Å². The number of amides is 2. The van der Waals surface area contributed by atoms with Gasteiger partial charge in [0.25, 0.3) is 0 Å². The lowest BCUT2D eigenvalue weighted by molar-refractivity contribution is 0.0701. The summed E-state index contributed by atoms with van der Waals surface area (Å²) in [6.45, 7) is 1.82. The third-order valence-corrected chi connectivity index (χ3v) is 3.61. The molecule has 104 valence electrons. The number of thiazole rings is 1. The number of carboxylic acids is 1. The van der Waals surface area contributed by atoms with Crippen molar-refractivity contribution in [1.82, 2.24) is 10.3 Å². The Morgan fingerprint density at radius 2 is 2.00 bits per heavy atom. The van der Waals surface area contributed by atoms with E-state index < -0.39 is 5.97 Å². The third-order valence-electron chi connectivity index (χ3n) is 2.47. The molecule has 0 radical (unpaired) electrons. The predicted molar refractivity (Wildman–Crippen MR) is 76.1 cm³/mol. The van der Waals surface area contributed by atoms with Crippen molar-refractivity contribution in [2.75, 3.05) is 5.32 Å². The minimum Gasteiger partial charge on any atom is -0.477 e. The number of hydrogen-bond donors (Lipinski definition) is 3. The minimum absolute atomic E-state index is 0.192. The van der Waals surface area contributed by atoms with E-state index in [1.165, 1.54) is 0 Å². The Bertz CT molecular complexity index is 625. The van der Waals surface area contributed by atoms with Gasteiger partial charge in [-0.3, -0.25) is 0 Å². The van der Waals surface area contributed by atoms with E-state index >= 15 is 0 Å². The van der Waals surface area contributed by atoms with Gasteiger partial charge in [0, 0.05) is 5.69 Å². The first-order valence-electron chi connectivity index (χ1n) is 5.86. The number of rotatable bonds is 4. The van der Waals surface area contributed by atoms with Gasteiger partial charge in [-0.05, 0) is 19.1 Å². The number of aromatic nitrogens is 1. The Kier molecular flexibility index (Phi) is 4.31. The molecular weight excluding hydrogens is 278 g/mol. The first kappa shape index (κ1) is 14.0. The first-order valence-corrected chi connectivity index (χ1v) is 6.67. The highest BCUT2D eigenvalue weighted by molar-refractivity contribution is 7.13. The van der Waals surface area contributed by atoms with E-state index in [0.29, 0.717) is 16.4 Å². The molecule has 0 fully saturated rings. The largest absolute Gasteiger partial charge is 0.477 e. The van der Waals surface area contributed by atoms with Crippen molar-refractivity contribution in [1.29, 1.82) is 0 Å². The van der Waals surface area contributed by atoms with Crippen LogP contribution in [0, 0.1) is 6.92 Å². The molecule has 2 amide bonds. The van der Waals surface area contributed by atoms with Gasteiger partial charge in [0.1, 0.15) is 9.88 Å².